The highest BCUT2D eigenvalue weighted by Crippen LogP contribution is 2.39. The fourth-order valence-electron chi connectivity index (χ4n) is 3.12. The van der Waals surface area contributed by atoms with Crippen LogP contribution in [-0.4, -0.2) is 32.6 Å². The van der Waals surface area contributed by atoms with Crippen molar-refractivity contribution in [3.05, 3.63) is 60.5 Å². The van der Waals surface area contributed by atoms with Gasteiger partial charge in [-0.05, 0) is 55.6 Å². The summed E-state index contributed by atoms with van der Waals surface area (Å²) in [7, 11) is -2.01. The Balaban J connectivity index is 2.79. The number of nitrogens with zero attached hydrogens (tertiary/aromatic N) is 1. The van der Waals surface area contributed by atoms with Crippen LogP contribution in [0.4, 0.5) is 4.39 Å². The van der Waals surface area contributed by atoms with Crippen molar-refractivity contribution in [1.82, 2.24) is 0 Å². The summed E-state index contributed by atoms with van der Waals surface area (Å²) in [5, 5.41) is 0.0691. The average Bonchev–Trinajstić information content (AvgIpc) is 2.68. The number of benzene rings is 1. The molecule has 0 bridgehead atoms. The number of hydrogen-bond donors (Lipinski definition) is 0. The molecule has 0 aromatic heterocycles. The zero-order chi connectivity index (χ0) is 23.5. The van der Waals surface area contributed by atoms with Crippen molar-refractivity contribution in [3.63, 3.8) is 0 Å². The summed E-state index contributed by atoms with van der Waals surface area (Å²) in [6.45, 7) is 17.8. The summed E-state index contributed by atoms with van der Waals surface area (Å²) in [4.78, 5) is 15.5. The van der Waals surface area contributed by atoms with Gasteiger partial charge in [-0.1, -0.05) is 51.1 Å². The zero-order valence-corrected chi connectivity index (χ0v) is 20.9. The van der Waals surface area contributed by atoms with E-state index < -0.39 is 13.9 Å². The maximum atomic E-state index is 13.0. The normalized spacial score (nSPS) is 15.3. The van der Waals surface area contributed by atoms with Crippen LogP contribution in [0.5, 0.6) is 0 Å². The molecule has 1 aromatic rings. The molecule has 6 heteroatoms. The standard InChI is InChI=1S/C25H38FNO3Si/c1-8-15-25(27-20-28,18-23(9-2)30-31(6,7)24(3,4)5)16-10-17-29-19-21-11-13-22(26)14-12-21/h8-9,11-15,23H,2,10,16-19H2,1,3-7H3/b15-8+/t23?,25-/m0/s1. The molecular formula is C25H38FNO3Si. The second-order valence-corrected chi connectivity index (χ2v) is 14.2. The second-order valence-electron chi connectivity index (χ2n) is 9.45. The number of carbonyl (C=O) groups excluding carboxylic acids is 1. The summed E-state index contributed by atoms with van der Waals surface area (Å²) in [6.07, 6.45) is 9.07. The highest BCUT2D eigenvalue weighted by Gasteiger charge is 2.40. The van der Waals surface area contributed by atoms with Crippen LogP contribution in [0.25, 0.3) is 0 Å². The maximum absolute atomic E-state index is 13.0. The Morgan fingerprint density at radius 3 is 2.42 bits per heavy atom. The maximum Gasteiger partial charge on any atom is 0.235 e. The molecular weight excluding hydrogens is 409 g/mol. The van der Waals surface area contributed by atoms with Gasteiger partial charge in [-0.2, -0.15) is 4.99 Å². The van der Waals surface area contributed by atoms with Crippen LogP contribution in [-0.2, 0) is 20.6 Å². The van der Waals surface area contributed by atoms with Crippen LogP contribution < -0.4 is 0 Å². The Morgan fingerprint density at radius 1 is 1.26 bits per heavy atom. The number of allylic oxidation sites excluding steroid dienone is 1. The summed E-state index contributed by atoms with van der Waals surface area (Å²) < 4.78 is 25.3. The van der Waals surface area contributed by atoms with Crippen LogP contribution >= 0.6 is 0 Å². The van der Waals surface area contributed by atoms with Crippen LogP contribution in [0.1, 0.15) is 52.5 Å². The summed E-state index contributed by atoms with van der Waals surface area (Å²) >= 11 is 0. The van der Waals surface area contributed by atoms with Gasteiger partial charge in [-0.25, -0.2) is 9.18 Å². The molecule has 0 aliphatic heterocycles. The third-order valence-corrected chi connectivity index (χ3v) is 10.4. The fourth-order valence-corrected chi connectivity index (χ4v) is 4.41. The molecule has 0 heterocycles. The molecule has 1 rings (SSSR count). The molecule has 1 unspecified atom stereocenters. The lowest BCUT2D eigenvalue weighted by Gasteiger charge is -2.40. The lowest BCUT2D eigenvalue weighted by atomic mass is 9.87. The van der Waals surface area contributed by atoms with Crippen molar-refractivity contribution in [2.45, 2.75) is 83.3 Å². The molecule has 0 saturated heterocycles. The van der Waals surface area contributed by atoms with Crippen molar-refractivity contribution < 1.29 is 18.3 Å². The summed E-state index contributed by atoms with van der Waals surface area (Å²) in [5.74, 6) is -0.261. The Labute approximate surface area is 188 Å². The molecule has 0 N–H and O–H groups in total. The molecule has 4 nitrogen and oxygen atoms in total. The lowest BCUT2D eigenvalue weighted by Crippen LogP contribution is -2.45. The predicted molar refractivity (Wildman–Crippen MR) is 128 cm³/mol. The van der Waals surface area contributed by atoms with E-state index in [0.717, 1.165) is 5.56 Å². The minimum atomic E-state index is -2.01. The minimum absolute atomic E-state index is 0.0691. The fraction of sp³-hybridized carbons (Fsp3) is 0.560. The molecule has 172 valence electrons. The molecule has 0 saturated carbocycles. The Kier molecular flexibility index (Phi) is 10.7. The number of halogens is 1. The van der Waals surface area contributed by atoms with E-state index in [2.05, 4.69) is 45.4 Å². The zero-order valence-electron chi connectivity index (χ0n) is 19.9. The molecule has 0 aliphatic carbocycles. The molecule has 0 radical (unpaired) electrons. The predicted octanol–water partition coefficient (Wildman–Crippen LogP) is 6.74. The van der Waals surface area contributed by atoms with Gasteiger partial charge in [0.25, 0.3) is 0 Å². The first-order valence-corrected chi connectivity index (χ1v) is 13.7. The molecule has 0 aliphatic rings. The third kappa shape index (κ3) is 9.04. The van der Waals surface area contributed by atoms with E-state index in [1.807, 2.05) is 25.2 Å². The average molecular weight is 448 g/mol. The number of hydrogen-bond acceptors (Lipinski definition) is 4. The topological polar surface area (TPSA) is 47.9 Å². The first kappa shape index (κ1) is 27.2. The van der Waals surface area contributed by atoms with Crippen molar-refractivity contribution in [1.29, 1.82) is 0 Å². The van der Waals surface area contributed by atoms with E-state index >= 15 is 0 Å². The van der Waals surface area contributed by atoms with E-state index in [4.69, 9.17) is 9.16 Å². The quantitative estimate of drug-likeness (QED) is 0.111. The van der Waals surface area contributed by atoms with Crippen LogP contribution in [0.15, 0.2) is 54.1 Å². The number of ether oxygens (including phenoxy) is 1. The highest BCUT2D eigenvalue weighted by molar-refractivity contribution is 6.74. The van der Waals surface area contributed by atoms with Crippen molar-refractivity contribution >= 4 is 14.4 Å². The Morgan fingerprint density at radius 2 is 1.90 bits per heavy atom. The van der Waals surface area contributed by atoms with Crippen LogP contribution in [0.2, 0.25) is 18.1 Å². The van der Waals surface area contributed by atoms with E-state index in [9.17, 15) is 9.18 Å². The number of aliphatic imine (C=N–C) groups is 1. The molecule has 1 aromatic carbocycles. The van der Waals surface area contributed by atoms with Gasteiger partial charge in [0, 0.05) is 13.0 Å². The third-order valence-electron chi connectivity index (χ3n) is 5.90. The van der Waals surface area contributed by atoms with Gasteiger partial charge in [0.2, 0.25) is 6.08 Å². The SMILES string of the molecule is C=CC(C[C@](/C=C/C)(CCCOCc1ccc(F)cc1)N=C=O)O[Si](C)(C)C(C)(C)C. The van der Waals surface area contributed by atoms with Gasteiger partial charge < -0.3 is 9.16 Å². The smallest absolute Gasteiger partial charge is 0.235 e. The van der Waals surface area contributed by atoms with Crippen LogP contribution in [0, 0.1) is 5.82 Å². The molecule has 0 fully saturated rings. The largest absolute Gasteiger partial charge is 0.410 e. The monoisotopic (exact) mass is 447 g/mol. The Hall–Kier alpha value is -1.85. The minimum Gasteiger partial charge on any atom is -0.410 e. The van der Waals surface area contributed by atoms with Gasteiger partial charge in [0.1, 0.15) is 5.82 Å². The van der Waals surface area contributed by atoms with E-state index in [0.29, 0.717) is 32.5 Å². The van der Waals surface area contributed by atoms with Crippen LogP contribution in [0.3, 0.4) is 0 Å². The van der Waals surface area contributed by atoms with Crippen molar-refractivity contribution in [3.8, 4) is 0 Å². The second kappa shape index (κ2) is 12.3. The summed E-state index contributed by atoms with van der Waals surface area (Å²) in [6, 6.07) is 6.27. The molecule has 0 spiro atoms. The van der Waals surface area contributed by atoms with Crippen molar-refractivity contribution in [2.24, 2.45) is 4.99 Å². The van der Waals surface area contributed by atoms with E-state index in [-0.39, 0.29) is 17.0 Å². The number of rotatable bonds is 13. The van der Waals surface area contributed by atoms with Gasteiger partial charge in [0.05, 0.1) is 18.2 Å². The molecule has 31 heavy (non-hydrogen) atoms. The van der Waals surface area contributed by atoms with E-state index in [1.54, 1.807) is 18.2 Å². The first-order chi connectivity index (χ1) is 14.5. The van der Waals surface area contributed by atoms with Gasteiger partial charge in [0.15, 0.2) is 8.32 Å². The highest BCUT2D eigenvalue weighted by atomic mass is 28.4. The number of isocyanates is 1. The van der Waals surface area contributed by atoms with Gasteiger partial charge in [-0.3, -0.25) is 0 Å². The Bertz CT molecular complexity index is 764. The van der Waals surface area contributed by atoms with Gasteiger partial charge >= 0.3 is 0 Å². The summed E-state index contributed by atoms with van der Waals surface area (Å²) in [5.41, 5.74) is 0.207. The molecule has 0 amide bonds. The molecule has 2 atom stereocenters. The lowest BCUT2D eigenvalue weighted by molar-refractivity contribution is 0.110. The van der Waals surface area contributed by atoms with E-state index in [1.165, 1.54) is 12.1 Å². The van der Waals surface area contributed by atoms with Crippen molar-refractivity contribution in [2.75, 3.05) is 6.61 Å². The first-order valence-electron chi connectivity index (χ1n) is 10.8. The van der Waals surface area contributed by atoms with Gasteiger partial charge in [-0.15, -0.1) is 6.58 Å².